The van der Waals surface area contributed by atoms with Gasteiger partial charge in [-0.15, -0.1) is 0 Å². The summed E-state index contributed by atoms with van der Waals surface area (Å²) in [6.45, 7) is 10.1. The second-order valence-electron chi connectivity index (χ2n) is 5.99. The van der Waals surface area contributed by atoms with Crippen LogP contribution in [-0.4, -0.2) is 26.3 Å². The van der Waals surface area contributed by atoms with E-state index >= 15 is 0 Å². The lowest BCUT2D eigenvalue weighted by Crippen LogP contribution is -2.31. The summed E-state index contributed by atoms with van der Waals surface area (Å²) in [7, 11) is 0. The first kappa shape index (κ1) is 13.5. The molecular weight excluding hydrogens is 240 g/mol. The molecule has 0 radical (unpaired) electrons. The summed E-state index contributed by atoms with van der Waals surface area (Å²) >= 11 is 0. The van der Waals surface area contributed by atoms with Crippen molar-refractivity contribution in [3.05, 3.63) is 30.1 Å². The van der Waals surface area contributed by atoms with Gasteiger partial charge < -0.3 is 5.32 Å². The van der Waals surface area contributed by atoms with E-state index in [1.165, 1.54) is 0 Å². The van der Waals surface area contributed by atoms with Crippen LogP contribution >= 0.6 is 0 Å². The SMILES string of the molecule is CC(C)NC(=O)c1nc(C(C)(C)C)c2cnccn12. The molecular formula is C14H20N4O. The normalized spacial score (nSPS) is 12.1. The van der Waals surface area contributed by atoms with Crippen LogP contribution in [0.5, 0.6) is 0 Å². The molecule has 5 heteroatoms. The fourth-order valence-electron chi connectivity index (χ4n) is 1.98. The average molecular weight is 260 g/mol. The van der Waals surface area contributed by atoms with Crippen LogP contribution in [0.15, 0.2) is 18.6 Å². The minimum absolute atomic E-state index is 0.0831. The maximum Gasteiger partial charge on any atom is 0.287 e. The molecule has 0 aromatic carbocycles. The van der Waals surface area contributed by atoms with Crippen LogP contribution in [0.3, 0.4) is 0 Å². The Kier molecular flexibility index (Phi) is 3.30. The summed E-state index contributed by atoms with van der Waals surface area (Å²) in [6.07, 6.45) is 5.18. The highest BCUT2D eigenvalue weighted by molar-refractivity contribution is 5.92. The first-order chi connectivity index (χ1) is 8.80. The zero-order valence-electron chi connectivity index (χ0n) is 12.1. The van der Waals surface area contributed by atoms with E-state index < -0.39 is 0 Å². The monoisotopic (exact) mass is 260 g/mol. The molecule has 0 bridgehead atoms. The van der Waals surface area contributed by atoms with Gasteiger partial charge in [-0.2, -0.15) is 0 Å². The molecule has 0 fully saturated rings. The van der Waals surface area contributed by atoms with Gasteiger partial charge in [-0.05, 0) is 13.8 Å². The van der Waals surface area contributed by atoms with Crippen molar-refractivity contribution in [3.63, 3.8) is 0 Å². The van der Waals surface area contributed by atoms with E-state index in [1.54, 1.807) is 23.0 Å². The number of nitrogens with one attached hydrogen (secondary N) is 1. The molecule has 2 heterocycles. The van der Waals surface area contributed by atoms with Crippen molar-refractivity contribution < 1.29 is 4.79 Å². The first-order valence-corrected chi connectivity index (χ1v) is 6.44. The molecule has 1 N–H and O–H groups in total. The number of imidazole rings is 1. The minimum Gasteiger partial charge on any atom is -0.347 e. The van der Waals surface area contributed by atoms with Crippen molar-refractivity contribution in [2.75, 3.05) is 0 Å². The number of nitrogens with zero attached hydrogens (tertiary/aromatic N) is 3. The maximum atomic E-state index is 12.2. The summed E-state index contributed by atoms with van der Waals surface area (Å²) < 4.78 is 1.80. The molecule has 0 saturated carbocycles. The van der Waals surface area contributed by atoms with E-state index in [1.807, 2.05) is 13.8 Å². The number of hydrogen-bond acceptors (Lipinski definition) is 3. The molecule has 0 aliphatic rings. The predicted octanol–water partition coefficient (Wildman–Crippen LogP) is 2.17. The Morgan fingerprint density at radius 1 is 1.37 bits per heavy atom. The zero-order chi connectivity index (χ0) is 14.2. The summed E-state index contributed by atoms with van der Waals surface area (Å²) in [4.78, 5) is 20.8. The average Bonchev–Trinajstić information content (AvgIpc) is 2.67. The highest BCUT2D eigenvalue weighted by Gasteiger charge is 2.25. The summed E-state index contributed by atoms with van der Waals surface area (Å²) in [5.41, 5.74) is 1.63. The molecule has 2 rings (SSSR count). The number of amides is 1. The predicted molar refractivity (Wildman–Crippen MR) is 74.3 cm³/mol. The van der Waals surface area contributed by atoms with Crippen LogP contribution in [0.1, 0.15) is 50.9 Å². The van der Waals surface area contributed by atoms with Crippen LogP contribution in [0.4, 0.5) is 0 Å². The van der Waals surface area contributed by atoms with Gasteiger partial charge in [0.15, 0.2) is 0 Å². The minimum atomic E-state index is -0.160. The summed E-state index contributed by atoms with van der Waals surface area (Å²) in [5.74, 6) is 0.253. The quantitative estimate of drug-likeness (QED) is 0.900. The lowest BCUT2D eigenvalue weighted by molar-refractivity contribution is 0.0932. The third-order valence-corrected chi connectivity index (χ3v) is 2.78. The molecule has 2 aromatic heterocycles. The van der Waals surface area contributed by atoms with Crippen LogP contribution < -0.4 is 5.32 Å². The Bertz CT molecular complexity index is 607. The fourth-order valence-corrected chi connectivity index (χ4v) is 1.98. The molecule has 1 amide bonds. The summed E-state index contributed by atoms with van der Waals surface area (Å²) in [5, 5.41) is 2.87. The lowest BCUT2D eigenvalue weighted by atomic mass is 9.92. The van der Waals surface area contributed by atoms with Crippen molar-refractivity contribution >= 4 is 11.4 Å². The van der Waals surface area contributed by atoms with Gasteiger partial charge in [0.1, 0.15) is 0 Å². The van der Waals surface area contributed by atoms with Gasteiger partial charge in [0.2, 0.25) is 5.82 Å². The highest BCUT2D eigenvalue weighted by Crippen LogP contribution is 2.26. The van der Waals surface area contributed by atoms with Crippen molar-refractivity contribution in [2.45, 2.75) is 46.1 Å². The Balaban J connectivity index is 2.60. The van der Waals surface area contributed by atoms with Gasteiger partial charge >= 0.3 is 0 Å². The molecule has 5 nitrogen and oxygen atoms in total. The highest BCUT2D eigenvalue weighted by atomic mass is 16.2. The molecule has 0 atom stereocenters. The Morgan fingerprint density at radius 2 is 2.05 bits per heavy atom. The van der Waals surface area contributed by atoms with Gasteiger partial charge in [0.25, 0.3) is 5.91 Å². The largest absolute Gasteiger partial charge is 0.347 e. The molecule has 0 saturated heterocycles. The van der Waals surface area contributed by atoms with Crippen molar-refractivity contribution in [1.82, 2.24) is 19.7 Å². The molecule has 102 valence electrons. The number of rotatable bonds is 2. The summed E-state index contributed by atoms with van der Waals surface area (Å²) in [6, 6.07) is 0.0831. The number of hydrogen-bond donors (Lipinski definition) is 1. The van der Waals surface area contributed by atoms with Crippen LogP contribution in [0.25, 0.3) is 5.52 Å². The van der Waals surface area contributed by atoms with Gasteiger partial charge in [-0.3, -0.25) is 14.2 Å². The molecule has 19 heavy (non-hydrogen) atoms. The van der Waals surface area contributed by atoms with Gasteiger partial charge in [-0.1, -0.05) is 20.8 Å². The maximum absolute atomic E-state index is 12.2. The van der Waals surface area contributed by atoms with E-state index in [0.29, 0.717) is 5.82 Å². The van der Waals surface area contributed by atoms with E-state index in [0.717, 1.165) is 11.2 Å². The standard InChI is InChI=1S/C14H20N4O/c1-9(2)16-13(19)12-17-11(14(3,4)5)10-8-15-6-7-18(10)12/h6-9H,1-5H3,(H,16,19). The van der Waals surface area contributed by atoms with E-state index in [4.69, 9.17) is 0 Å². The first-order valence-electron chi connectivity index (χ1n) is 6.44. The number of carbonyl (C=O) groups is 1. The van der Waals surface area contributed by atoms with Crippen LogP contribution in [0, 0.1) is 0 Å². The zero-order valence-corrected chi connectivity index (χ0v) is 12.1. The Labute approximate surface area is 113 Å². The van der Waals surface area contributed by atoms with Crippen molar-refractivity contribution in [3.8, 4) is 0 Å². The lowest BCUT2D eigenvalue weighted by Gasteiger charge is -2.15. The van der Waals surface area contributed by atoms with Gasteiger partial charge in [0, 0.05) is 23.9 Å². The molecule has 0 spiro atoms. The second-order valence-corrected chi connectivity index (χ2v) is 5.99. The number of fused-ring (bicyclic) bond motifs is 1. The molecule has 2 aromatic rings. The van der Waals surface area contributed by atoms with Gasteiger partial charge in [0.05, 0.1) is 17.4 Å². The van der Waals surface area contributed by atoms with Crippen LogP contribution in [0.2, 0.25) is 0 Å². The molecule has 0 aliphatic carbocycles. The van der Waals surface area contributed by atoms with E-state index in [9.17, 15) is 4.79 Å². The van der Waals surface area contributed by atoms with E-state index in [2.05, 4.69) is 36.1 Å². The van der Waals surface area contributed by atoms with Crippen molar-refractivity contribution in [1.29, 1.82) is 0 Å². The molecule has 0 unspecified atom stereocenters. The molecule has 0 aliphatic heterocycles. The van der Waals surface area contributed by atoms with Gasteiger partial charge in [-0.25, -0.2) is 4.98 Å². The smallest absolute Gasteiger partial charge is 0.287 e. The third-order valence-electron chi connectivity index (χ3n) is 2.78. The number of carbonyl (C=O) groups excluding carboxylic acids is 1. The van der Waals surface area contributed by atoms with Crippen molar-refractivity contribution in [2.24, 2.45) is 0 Å². The number of aromatic nitrogens is 3. The topological polar surface area (TPSA) is 59.3 Å². The third kappa shape index (κ3) is 2.59. The van der Waals surface area contributed by atoms with E-state index in [-0.39, 0.29) is 17.4 Å². The Morgan fingerprint density at radius 3 is 2.63 bits per heavy atom. The van der Waals surface area contributed by atoms with Crippen LogP contribution in [-0.2, 0) is 5.41 Å². The second kappa shape index (κ2) is 4.64. The fraction of sp³-hybridized carbons (Fsp3) is 0.500. The Hall–Kier alpha value is -1.91.